The number of halogens is 4. The first-order valence-corrected chi connectivity index (χ1v) is 4.15. The Bertz CT molecular complexity index is 425. The minimum atomic E-state index is -4.58. The van der Waals surface area contributed by atoms with Gasteiger partial charge < -0.3 is 5.32 Å². The highest BCUT2D eigenvalue weighted by molar-refractivity contribution is 5.98. The number of amides is 1. The van der Waals surface area contributed by atoms with Crippen LogP contribution >= 0.6 is 0 Å². The Morgan fingerprint density at radius 3 is 2.50 bits per heavy atom. The van der Waals surface area contributed by atoms with Crippen LogP contribution in [0.4, 0.5) is 23.2 Å². The largest absolute Gasteiger partial charge is 0.416 e. The average Bonchev–Trinajstić information content (AvgIpc) is 2.19. The van der Waals surface area contributed by atoms with Crippen LogP contribution in [0.3, 0.4) is 0 Å². The molecular formula is C10H7F4NO. The third-order valence-corrected chi connectivity index (χ3v) is 1.74. The van der Waals surface area contributed by atoms with Gasteiger partial charge in [0.05, 0.1) is 11.3 Å². The number of anilines is 1. The van der Waals surface area contributed by atoms with Crippen LogP contribution in [0.2, 0.25) is 0 Å². The van der Waals surface area contributed by atoms with E-state index in [1.807, 2.05) is 5.32 Å². The van der Waals surface area contributed by atoms with Crippen molar-refractivity contribution < 1.29 is 22.4 Å². The molecule has 0 aliphatic rings. The summed E-state index contributed by atoms with van der Waals surface area (Å²) in [6.07, 6.45) is -3.75. The summed E-state index contributed by atoms with van der Waals surface area (Å²) in [5, 5.41) is 1.94. The van der Waals surface area contributed by atoms with Crippen molar-refractivity contribution in [1.29, 1.82) is 0 Å². The maximum atomic E-state index is 13.0. The van der Waals surface area contributed by atoms with E-state index in [0.717, 1.165) is 6.08 Å². The van der Waals surface area contributed by atoms with Gasteiger partial charge in [0.25, 0.3) is 0 Å². The molecule has 86 valence electrons. The summed E-state index contributed by atoms with van der Waals surface area (Å²) in [4.78, 5) is 10.8. The lowest BCUT2D eigenvalue weighted by molar-refractivity contribution is -0.137. The summed E-state index contributed by atoms with van der Waals surface area (Å²) < 4.78 is 49.8. The SMILES string of the molecule is C=CC(=O)Nc1cc(C(F)(F)F)ccc1F. The number of hydrogen-bond acceptors (Lipinski definition) is 1. The molecule has 0 aliphatic heterocycles. The maximum Gasteiger partial charge on any atom is 0.416 e. The van der Waals surface area contributed by atoms with E-state index in [0.29, 0.717) is 18.2 Å². The van der Waals surface area contributed by atoms with Gasteiger partial charge in [-0.15, -0.1) is 0 Å². The highest BCUT2D eigenvalue weighted by Crippen LogP contribution is 2.31. The van der Waals surface area contributed by atoms with Gasteiger partial charge in [-0.2, -0.15) is 13.2 Å². The van der Waals surface area contributed by atoms with Crippen LogP contribution in [0.15, 0.2) is 30.9 Å². The molecule has 2 nitrogen and oxygen atoms in total. The van der Waals surface area contributed by atoms with Crippen molar-refractivity contribution in [1.82, 2.24) is 0 Å². The molecule has 0 unspecified atom stereocenters. The van der Waals surface area contributed by atoms with Crippen molar-refractivity contribution in [3.63, 3.8) is 0 Å². The van der Waals surface area contributed by atoms with Gasteiger partial charge in [-0.3, -0.25) is 4.79 Å². The van der Waals surface area contributed by atoms with E-state index < -0.39 is 29.2 Å². The quantitative estimate of drug-likeness (QED) is 0.617. The smallest absolute Gasteiger partial charge is 0.320 e. The van der Waals surface area contributed by atoms with Crippen LogP contribution in [0.5, 0.6) is 0 Å². The number of hydrogen-bond donors (Lipinski definition) is 1. The molecule has 0 atom stereocenters. The van der Waals surface area contributed by atoms with E-state index in [2.05, 4.69) is 6.58 Å². The van der Waals surface area contributed by atoms with Gasteiger partial charge in [0.2, 0.25) is 5.91 Å². The zero-order valence-corrected chi connectivity index (χ0v) is 7.94. The molecular weight excluding hydrogens is 226 g/mol. The predicted octanol–water partition coefficient (Wildman–Crippen LogP) is 2.97. The van der Waals surface area contributed by atoms with E-state index in [-0.39, 0.29) is 0 Å². The van der Waals surface area contributed by atoms with E-state index >= 15 is 0 Å². The van der Waals surface area contributed by atoms with Crippen LogP contribution in [-0.4, -0.2) is 5.91 Å². The molecule has 1 N–H and O–H groups in total. The number of carbonyl (C=O) groups is 1. The van der Waals surface area contributed by atoms with Gasteiger partial charge in [-0.25, -0.2) is 4.39 Å². The maximum absolute atomic E-state index is 13.0. The highest BCUT2D eigenvalue weighted by Gasteiger charge is 2.31. The third kappa shape index (κ3) is 2.82. The molecule has 0 fully saturated rings. The summed E-state index contributed by atoms with van der Waals surface area (Å²) in [5.74, 6) is -1.72. The Morgan fingerprint density at radius 2 is 2.00 bits per heavy atom. The molecule has 0 spiro atoms. The minimum Gasteiger partial charge on any atom is -0.320 e. The van der Waals surface area contributed by atoms with Crippen LogP contribution in [0.1, 0.15) is 5.56 Å². The molecule has 1 amide bonds. The summed E-state index contributed by atoms with van der Waals surface area (Å²) in [6, 6.07) is 1.76. The molecule has 0 saturated heterocycles. The van der Waals surface area contributed by atoms with Gasteiger partial charge in [0.15, 0.2) is 0 Å². The zero-order valence-electron chi connectivity index (χ0n) is 7.94. The van der Waals surface area contributed by atoms with E-state index in [9.17, 15) is 22.4 Å². The lowest BCUT2D eigenvalue weighted by Gasteiger charge is -2.09. The average molecular weight is 233 g/mol. The van der Waals surface area contributed by atoms with Crippen molar-refractivity contribution in [3.05, 3.63) is 42.2 Å². The molecule has 0 aromatic heterocycles. The Hall–Kier alpha value is -1.85. The molecule has 1 aromatic rings. The molecule has 0 heterocycles. The third-order valence-electron chi connectivity index (χ3n) is 1.74. The fourth-order valence-corrected chi connectivity index (χ4v) is 0.981. The van der Waals surface area contributed by atoms with Gasteiger partial charge in [0.1, 0.15) is 5.82 Å². The second kappa shape index (κ2) is 4.34. The first-order chi connectivity index (χ1) is 7.34. The number of carbonyl (C=O) groups excluding carboxylic acids is 1. The lowest BCUT2D eigenvalue weighted by atomic mass is 10.2. The molecule has 6 heteroatoms. The predicted molar refractivity (Wildman–Crippen MR) is 50.2 cm³/mol. The number of benzene rings is 1. The second-order valence-electron chi connectivity index (χ2n) is 2.89. The summed E-state index contributed by atoms with van der Waals surface area (Å²) in [5.41, 5.74) is -1.56. The number of nitrogens with one attached hydrogen (secondary N) is 1. The van der Waals surface area contributed by atoms with Crippen molar-refractivity contribution in [3.8, 4) is 0 Å². The Balaban J connectivity index is 3.09. The fraction of sp³-hybridized carbons (Fsp3) is 0.100. The molecule has 0 bridgehead atoms. The van der Waals surface area contributed by atoms with Gasteiger partial charge >= 0.3 is 6.18 Å². The molecule has 0 saturated carbocycles. The van der Waals surface area contributed by atoms with Crippen LogP contribution in [-0.2, 0) is 11.0 Å². The van der Waals surface area contributed by atoms with Gasteiger partial charge in [-0.05, 0) is 24.3 Å². The van der Waals surface area contributed by atoms with Crippen LogP contribution < -0.4 is 5.32 Å². The van der Waals surface area contributed by atoms with Crippen molar-refractivity contribution in [2.45, 2.75) is 6.18 Å². The fourth-order valence-electron chi connectivity index (χ4n) is 0.981. The summed E-state index contributed by atoms with van der Waals surface area (Å²) >= 11 is 0. The summed E-state index contributed by atoms with van der Waals surface area (Å²) in [7, 11) is 0. The Labute approximate surface area is 88.6 Å². The Morgan fingerprint density at radius 1 is 1.38 bits per heavy atom. The normalized spacial score (nSPS) is 11.0. The number of rotatable bonds is 2. The first-order valence-electron chi connectivity index (χ1n) is 4.15. The standard InChI is InChI=1S/C10H7F4NO/c1-2-9(16)15-8-5-6(10(12,13)14)3-4-7(8)11/h2-5H,1H2,(H,15,16). The lowest BCUT2D eigenvalue weighted by Crippen LogP contribution is -2.11. The zero-order chi connectivity index (χ0) is 12.3. The second-order valence-corrected chi connectivity index (χ2v) is 2.89. The van der Waals surface area contributed by atoms with Crippen molar-refractivity contribution in [2.75, 3.05) is 5.32 Å². The molecule has 0 radical (unpaired) electrons. The van der Waals surface area contributed by atoms with Crippen molar-refractivity contribution >= 4 is 11.6 Å². The molecule has 1 rings (SSSR count). The van der Waals surface area contributed by atoms with E-state index in [1.54, 1.807) is 0 Å². The molecule has 1 aromatic carbocycles. The Kier molecular flexibility index (Phi) is 3.31. The van der Waals surface area contributed by atoms with Gasteiger partial charge in [0, 0.05) is 0 Å². The first kappa shape index (κ1) is 12.2. The van der Waals surface area contributed by atoms with E-state index in [4.69, 9.17) is 0 Å². The van der Waals surface area contributed by atoms with Gasteiger partial charge in [-0.1, -0.05) is 6.58 Å². The molecule has 16 heavy (non-hydrogen) atoms. The van der Waals surface area contributed by atoms with Crippen LogP contribution in [0, 0.1) is 5.82 Å². The van der Waals surface area contributed by atoms with Crippen molar-refractivity contribution in [2.24, 2.45) is 0 Å². The van der Waals surface area contributed by atoms with Crippen LogP contribution in [0.25, 0.3) is 0 Å². The monoisotopic (exact) mass is 233 g/mol. The summed E-state index contributed by atoms with van der Waals surface area (Å²) in [6.45, 7) is 3.10. The van der Waals surface area contributed by atoms with E-state index in [1.165, 1.54) is 0 Å². The number of alkyl halides is 3. The highest BCUT2D eigenvalue weighted by atomic mass is 19.4. The molecule has 0 aliphatic carbocycles. The minimum absolute atomic E-state index is 0.525. The topological polar surface area (TPSA) is 29.1 Å².